The van der Waals surface area contributed by atoms with E-state index in [0.29, 0.717) is 49.6 Å². The SMILES string of the molecule is Cn1nc(C2CCC(=O)NC2=O)c2cccc(OCC(=O)N3CCN(C(=O)c4ccc(C(=O)O)[nH]4)CC3)c21. The fourth-order valence-corrected chi connectivity index (χ4v) is 4.86. The summed E-state index contributed by atoms with van der Waals surface area (Å²) in [5, 5.41) is 16.6. The Bertz CT molecular complexity index is 1450. The Morgan fingerprint density at radius 1 is 1.05 bits per heavy atom. The number of aromatic carboxylic acids is 1. The van der Waals surface area contributed by atoms with Crippen molar-refractivity contribution in [1.29, 1.82) is 0 Å². The molecule has 0 bridgehead atoms. The third kappa shape index (κ3) is 4.69. The number of rotatable bonds is 6. The standard InChI is InChI=1S/C25H26N6O7/c1-29-22-14(21(28-29)15-5-8-19(32)27-23(15)34)3-2-4-18(22)38-13-20(33)30-9-11-31(12-10-30)24(35)16-6-7-17(26-16)25(36)37/h2-4,6-7,15,26H,5,8-13H2,1H3,(H,36,37)(H,27,32,34). The number of carbonyl (C=O) groups excluding carboxylic acids is 4. The molecule has 3 N–H and O–H groups in total. The number of aromatic amines is 1. The molecule has 2 aromatic heterocycles. The predicted molar refractivity (Wildman–Crippen MR) is 132 cm³/mol. The molecule has 0 aliphatic carbocycles. The van der Waals surface area contributed by atoms with Gasteiger partial charge in [-0.2, -0.15) is 5.10 Å². The van der Waals surface area contributed by atoms with Gasteiger partial charge < -0.3 is 24.6 Å². The van der Waals surface area contributed by atoms with Crippen molar-refractivity contribution in [2.45, 2.75) is 18.8 Å². The third-order valence-corrected chi connectivity index (χ3v) is 6.84. The fraction of sp³-hybridized carbons (Fsp3) is 0.360. The lowest BCUT2D eigenvalue weighted by Gasteiger charge is -2.34. The van der Waals surface area contributed by atoms with Gasteiger partial charge in [-0.3, -0.25) is 29.2 Å². The molecule has 1 atom stereocenters. The lowest BCUT2D eigenvalue weighted by Crippen LogP contribution is -2.51. The van der Waals surface area contributed by atoms with Crippen molar-refractivity contribution in [3.8, 4) is 5.75 Å². The number of benzene rings is 1. The highest BCUT2D eigenvalue weighted by molar-refractivity contribution is 6.03. The van der Waals surface area contributed by atoms with E-state index in [4.69, 9.17) is 9.84 Å². The number of carboxylic acids is 1. The number of carbonyl (C=O) groups is 5. The van der Waals surface area contributed by atoms with E-state index in [2.05, 4.69) is 15.4 Å². The number of carboxylic acid groups (broad SMARTS) is 1. The molecule has 38 heavy (non-hydrogen) atoms. The summed E-state index contributed by atoms with van der Waals surface area (Å²) in [5.74, 6) is -2.48. The minimum Gasteiger partial charge on any atom is -0.481 e. The van der Waals surface area contributed by atoms with Gasteiger partial charge in [0.15, 0.2) is 6.61 Å². The van der Waals surface area contributed by atoms with Gasteiger partial charge in [0.1, 0.15) is 22.7 Å². The van der Waals surface area contributed by atoms with Crippen molar-refractivity contribution in [3.63, 3.8) is 0 Å². The first kappa shape index (κ1) is 25.0. The molecule has 5 rings (SSSR count). The van der Waals surface area contributed by atoms with Gasteiger partial charge in [0.2, 0.25) is 11.8 Å². The third-order valence-electron chi connectivity index (χ3n) is 6.84. The number of fused-ring (bicyclic) bond motifs is 1. The first-order valence-electron chi connectivity index (χ1n) is 12.1. The van der Waals surface area contributed by atoms with Crippen LogP contribution in [0.25, 0.3) is 10.9 Å². The number of nitrogens with zero attached hydrogens (tertiary/aromatic N) is 4. The summed E-state index contributed by atoms with van der Waals surface area (Å²) in [6.45, 7) is 1.02. The zero-order valence-electron chi connectivity index (χ0n) is 20.6. The summed E-state index contributed by atoms with van der Waals surface area (Å²) in [5.41, 5.74) is 1.32. The number of H-pyrrole nitrogens is 1. The number of nitrogens with one attached hydrogen (secondary N) is 2. The highest BCUT2D eigenvalue weighted by Gasteiger charge is 2.32. The molecule has 0 radical (unpaired) electrons. The van der Waals surface area contributed by atoms with Crippen molar-refractivity contribution in [1.82, 2.24) is 29.9 Å². The van der Waals surface area contributed by atoms with Crippen LogP contribution in [0.3, 0.4) is 0 Å². The second-order valence-electron chi connectivity index (χ2n) is 9.22. The summed E-state index contributed by atoms with van der Waals surface area (Å²) < 4.78 is 7.49. The van der Waals surface area contributed by atoms with Gasteiger partial charge in [0, 0.05) is 45.0 Å². The molecule has 4 heterocycles. The largest absolute Gasteiger partial charge is 0.481 e. The summed E-state index contributed by atoms with van der Waals surface area (Å²) in [6, 6.07) is 8.09. The molecule has 0 spiro atoms. The Hall–Kier alpha value is -4.68. The van der Waals surface area contributed by atoms with Crippen LogP contribution in [0.2, 0.25) is 0 Å². The highest BCUT2D eigenvalue weighted by Crippen LogP contribution is 2.34. The number of ether oxygens (including phenoxy) is 1. The van der Waals surface area contributed by atoms with E-state index in [-0.39, 0.29) is 48.0 Å². The average Bonchev–Trinajstić information content (AvgIpc) is 3.53. The first-order chi connectivity index (χ1) is 18.2. The molecular weight excluding hydrogens is 496 g/mol. The van der Waals surface area contributed by atoms with Gasteiger partial charge in [0.25, 0.3) is 11.8 Å². The van der Waals surface area contributed by atoms with Crippen molar-refractivity contribution in [2.75, 3.05) is 32.8 Å². The number of aromatic nitrogens is 3. The van der Waals surface area contributed by atoms with Crippen LogP contribution >= 0.6 is 0 Å². The smallest absolute Gasteiger partial charge is 0.352 e. The normalized spacial score (nSPS) is 18.0. The van der Waals surface area contributed by atoms with Gasteiger partial charge in [-0.1, -0.05) is 12.1 Å². The van der Waals surface area contributed by atoms with E-state index in [1.165, 1.54) is 12.1 Å². The molecule has 13 heteroatoms. The molecule has 4 amide bonds. The molecule has 2 saturated heterocycles. The van der Waals surface area contributed by atoms with Gasteiger partial charge >= 0.3 is 5.97 Å². The lowest BCUT2D eigenvalue weighted by molar-refractivity contribution is -0.135. The van der Waals surface area contributed by atoms with Crippen molar-refractivity contribution >= 4 is 40.5 Å². The molecule has 198 valence electrons. The lowest BCUT2D eigenvalue weighted by atomic mass is 9.93. The van der Waals surface area contributed by atoms with E-state index in [1.807, 2.05) is 6.07 Å². The maximum Gasteiger partial charge on any atom is 0.352 e. The van der Waals surface area contributed by atoms with Gasteiger partial charge in [0.05, 0.1) is 11.6 Å². The molecule has 0 saturated carbocycles. The Morgan fingerprint density at radius 2 is 1.76 bits per heavy atom. The van der Waals surface area contributed by atoms with Crippen LogP contribution in [0.5, 0.6) is 5.75 Å². The highest BCUT2D eigenvalue weighted by atomic mass is 16.5. The summed E-state index contributed by atoms with van der Waals surface area (Å²) in [4.78, 5) is 66.3. The van der Waals surface area contributed by atoms with Gasteiger partial charge in [-0.05, 0) is 24.6 Å². The number of para-hydroxylation sites is 1. The Balaban J connectivity index is 1.21. The second-order valence-corrected chi connectivity index (χ2v) is 9.22. The van der Waals surface area contributed by atoms with E-state index in [1.54, 1.807) is 33.7 Å². The van der Waals surface area contributed by atoms with Crippen molar-refractivity contribution in [2.24, 2.45) is 7.05 Å². The number of amides is 4. The molecule has 3 aromatic rings. The van der Waals surface area contributed by atoms with Crippen molar-refractivity contribution in [3.05, 3.63) is 47.4 Å². The monoisotopic (exact) mass is 522 g/mol. The van der Waals surface area contributed by atoms with Crippen molar-refractivity contribution < 1.29 is 33.8 Å². The van der Waals surface area contributed by atoms with Crippen LogP contribution in [0.4, 0.5) is 0 Å². The molecule has 1 unspecified atom stereocenters. The molecule has 2 aliphatic heterocycles. The fourth-order valence-electron chi connectivity index (χ4n) is 4.86. The first-order valence-corrected chi connectivity index (χ1v) is 12.1. The molecule has 2 aliphatic rings. The van der Waals surface area contributed by atoms with E-state index < -0.39 is 11.9 Å². The van der Waals surface area contributed by atoms with Crippen LogP contribution in [0.1, 0.15) is 45.4 Å². The van der Waals surface area contributed by atoms with Crippen LogP contribution < -0.4 is 10.1 Å². The Kier molecular flexibility index (Phi) is 6.57. The minimum absolute atomic E-state index is 0.0630. The predicted octanol–water partition coefficient (Wildman–Crippen LogP) is 0.483. The number of piperazine rings is 1. The summed E-state index contributed by atoms with van der Waals surface area (Å²) >= 11 is 0. The molecule has 13 nitrogen and oxygen atoms in total. The zero-order valence-corrected chi connectivity index (χ0v) is 20.6. The second kappa shape index (κ2) is 10.00. The van der Waals surface area contributed by atoms with Crippen LogP contribution in [-0.2, 0) is 21.4 Å². The van der Waals surface area contributed by atoms with E-state index in [0.717, 1.165) is 5.39 Å². The quantitative estimate of drug-likeness (QED) is 0.393. The number of aryl methyl sites for hydroxylation is 1. The topological polar surface area (TPSA) is 167 Å². The summed E-state index contributed by atoms with van der Waals surface area (Å²) in [6.07, 6.45) is 0.617. The Labute approximate surface area is 216 Å². The maximum atomic E-state index is 12.9. The number of hydrogen-bond acceptors (Lipinski definition) is 7. The van der Waals surface area contributed by atoms with Crippen LogP contribution in [0, 0.1) is 0 Å². The van der Waals surface area contributed by atoms with Gasteiger partial charge in [-0.25, -0.2) is 4.79 Å². The molecule has 1 aromatic carbocycles. The number of hydrogen-bond donors (Lipinski definition) is 3. The van der Waals surface area contributed by atoms with E-state index in [9.17, 15) is 24.0 Å². The van der Waals surface area contributed by atoms with Crippen LogP contribution in [-0.4, -0.2) is 92.1 Å². The molecular formula is C25H26N6O7. The van der Waals surface area contributed by atoms with Gasteiger partial charge in [-0.15, -0.1) is 0 Å². The minimum atomic E-state index is -1.14. The average molecular weight is 523 g/mol. The summed E-state index contributed by atoms with van der Waals surface area (Å²) in [7, 11) is 1.73. The Morgan fingerprint density at radius 3 is 2.45 bits per heavy atom. The molecule has 2 fully saturated rings. The number of piperidine rings is 1. The van der Waals surface area contributed by atoms with Crippen LogP contribution in [0.15, 0.2) is 30.3 Å². The zero-order chi connectivity index (χ0) is 27.0. The maximum absolute atomic E-state index is 12.9. The van der Waals surface area contributed by atoms with E-state index >= 15 is 0 Å². The number of imide groups is 1.